The van der Waals surface area contributed by atoms with Crippen molar-refractivity contribution in [3.63, 3.8) is 0 Å². The van der Waals surface area contributed by atoms with Crippen molar-refractivity contribution in [1.82, 2.24) is 9.88 Å². The third kappa shape index (κ3) is 3.39. The predicted molar refractivity (Wildman–Crippen MR) is 80.4 cm³/mol. The van der Waals surface area contributed by atoms with Gasteiger partial charge < -0.3 is 14.6 Å². The van der Waals surface area contributed by atoms with E-state index in [9.17, 15) is 10.1 Å². The van der Waals surface area contributed by atoms with Crippen LogP contribution in [0.2, 0.25) is 0 Å². The van der Waals surface area contributed by atoms with Crippen molar-refractivity contribution in [2.45, 2.75) is 0 Å². The molecule has 1 heterocycles. The molecule has 2 aromatic rings. The molecule has 0 amide bonds. The number of nitrogens with one attached hydrogen (secondary N) is 1. The van der Waals surface area contributed by atoms with Gasteiger partial charge in [-0.3, -0.25) is 10.1 Å². The molecule has 0 aliphatic heterocycles. The Bertz CT molecular complexity index is 718. The maximum Gasteiger partial charge on any atom is 0.282 e. The third-order valence-corrected chi connectivity index (χ3v) is 2.91. The van der Waals surface area contributed by atoms with Crippen molar-refractivity contribution < 1.29 is 9.34 Å². The summed E-state index contributed by atoms with van der Waals surface area (Å²) in [6.07, 6.45) is 0. The lowest BCUT2D eigenvalue weighted by Gasteiger charge is -2.09. The van der Waals surface area contributed by atoms with E-state index in [0.29, 0.717) is 6.54 Å². The molecule has 0 atom stereocenters. The van der Waals surface area contributed by atoms with Crippen LogP contribution in [0.4, 0.5) is 11.6 Å². The molecule has 1 aromatic carbocycles. The van der Waals surface area contributed by atoms with Crippen LogP contribution in [0.15, 0.2) is 28.7 Å². The molecule has 114 valence electrons. The lowest BCUT2D eigenvalue weighted by Crippen LogP contribution is -2.20. The van der Waals surface area contributed by atoms with Crippen LogP contribution in [-0.4, -0.2) is 42.0 Å². The zero-order valence-corrected chi connectivity index (χ0v) is 12.2. The van der Waals surface area contributed by atoms with Gasteiger partial charge in [-0.15, -0.1) is 0 Å². The van der Waals surface area contributed by atoms with Crippen molar-refractivity contribution in [2.75, 3.05) is 32.5 Å². The Balaban J connectivity index is 2.32. The highest BCUT2D eigenvalue weighted by Gasteiger charge is 2.21. The van der Waals surface area contributed by atoms with Gasteiger partial charge in [-0.25, -0.2) is 0 Å². The van der Waals surface area contributed by atoms with Crippen LogP contribution in [0, 0.1) is 21.4 Å². The average molecular weight is 301 g/mol. The number of rotatable bonds is 6. The van der Waals surface area contributed by atoms with Crippen molar-refractivity contribution in [2.24, 2.45) is 0 Å². The van der Waals surface area contributed by atoms with Gasteiger partial charge in [0, 0.05) is 19.2 Å². The summed E-state index contributed by atoms with van der Waals surface area (Å²) in [5.74, 6) is 0.272. The molecule has 1 N–H and O–H groups in total. The fraction of sp³-hybridized carbons (Fsp3) is 0.286. The van der Waals surface area contributed by atoms with Crippen LogP contribution in [0.1, 0.15) is 5.69 Å². The Hall–Kier alpha value is -2.92. The second kappa shape index (κ2) is 6.69. The van der Waals surface area contributed by atoms with Gasteiger partial charge in [0.2, 0.25) is 17.5 Å². The van der Waals surface area contributed by atoms with E-state index in [1.807, 2.05) is 25.1 Å². The molecule has 0 aliphatic rings. The number of nitro benzene ring substituents is 1. The molecule has 0 aliphatic carbocycles. The highest BCUT2D eigenvalue weighted by molar-refractivity contribution is 5.68. The Labute approximate surface area is 127 Å². The number of benzene rings is 1. The van der Waals surface area contributed by atoms with E-state index in [2.05, 4.69) is 10.3 Å². The molecule has 22 heavy (non-hydrogen) atoms. The van der Waals surface area contributed by atoms with Gasteiger partial charge in [0.15, 0.2) is 0 Å². The van der Waals surface area contributed by atoms with E-state index in [1.54, 1.807) is 12.1 Å². The summed E-state index contributed by atoms with van der Waals surface area (Å²) in [4.78, 5) is 16.5. The maximum atomic E-state index is 11.1. The van der Waals surface area contributed by atoms with Gasteiger partial charge in [0.1, 0.15) is 11.6 Å². The first kappa shape index (κ1) is 15.5. The minimum atomic E-state index is -0.509. The smallest absolute Gasteiger partial charge is 0.282 e. The van der Waals surface area contributed by atoms with Crippen molar-refractivity contribution in [3.8, 4) is 17.5 Å². The number of nitriles is 1. The topological polar surface area (TPSA) is 108 Å². The van der Waals surface area contributed by atoms with Crippen LogP contribution in [0.5, 0.6) is 0 Å². The summed E-state index contributed by atoms with van der Waals surface area (Å²) in [7, 11) is 3.85. The maximum absolute atomic E-state index is 11.1. The van der Waals surface area contributed by atoms with E-state index < -0.39 is 4.92 Å². The summed E-state index contributed by atoms with van der Waals surface area (Å²) >= 11 is 0. The molecule has 1 aromatic heterocycles. The number of oxazole rings is 1. The first-order chi connectivity index (χ1) is 10.5. The van der Waals surface area contributed by atoms with Crippen LogP contribution in [0.25, 0.3) is 11.5 Å². The number of nitrogens with zero attached hydrogens (tertiary/aromatic N) is 4. The molecule has 0 saturated carbocycles. The molecule has 2 rings (SSSR count). The van der Waals surface area contributed by atoms with Gasteiger partial charge in [0.25, 0.3) is 5.69 Å². The van der Waals surface area contributed by atoms with Crippen LogP contribution < -0.4 is 5.32 Å². The number of nitro groups is 1. The van der Waals surface area contributed by atoms with Crippen LogP contribution in [-0.2, 0) is 0 Å². The Morgan fingerprint density at radius 3 is 2.82 bits per heavy atom. The number of anilines is 1. The highest BCUT2D eigenvalue weighted by atomic mass is 16.6. The summed E-state index contributed by atoms with van der Waals surface area (Å²) < 4.78 is 5.50. The van der Waals surface area contributed by atoms with Crippen LogP contribution in [0.3, 0.4) is 0 Å². The molecule has 0 fully saturated rings. The lowest BCUT2D eigenvalue weighted by molar-refractivity contribution is -0.384. The van der Waals surface area contributed by atoms with Gasteiger partial charge >= 0.3 is 0 Å². The minimum absolute atomic E-state index is 0.0520. The average Bonchev–Trinajstić information content (AvgIpc) is 2.90. The van der Waals surface area contributed by atoms with E-state index in [1.165, 1.54) is 12.1 Å². The number of para-hydroxylation sites is 1. The summed E-state index contributed by atoms with van der Waals surface area (Å²) in [6.45, 7) is 1.31. The van der Waals surface area contributed by atoms with Gasteiger partial charge in [-0.2, -0.15) is 10.2 Å². The monoisotopic (exact) mass is 301 g/mol. The normalized spacial score (nSPS) is 10.5. The number of aromatic nitrogens is 1. The fourth-order valence-corrected chi connectivity index (χ4v) is 1.84. The van der Waals surface area contributed by atoms with Crippen molar-refractivity contribution in [1.29, 1.82) is 5.26 Å². The standard InChI is InChI=1S/C14H15N5O3/c1-18(2)8-7-16-14-11(9-15)17-13(22-14)10-5-3-4-6-12(10)19(20)21/h3-6,16H,7-8H2,1-2H3. The lowest BCUT2D eigenvalue weighted by atomic mass is 10.2. The Kier molecular flexibility index (Phi) is 4.70. The Morgan fingerprint density at radius 1 is 1.45 bits per heavy atom. The molecule has 0 spiro atoms. The molecular weight excluding hydrogens is 286 g/mol. The zero-order valence-electron chi connectivity index (χ0n) is 12.2. The molecule has 8 nitrogen and oxygen atoms in total. The largest absolute Gasteiger partial charge is 0.419 e. The van der Waals surface area contributed by atoms with E-state index in [-0.39, 0.29) is 28.7 Å². The molecule has 0 unspecified atom stereocenters. The van der Waals surface area contributed by atoms with E-state index >= 15 is 0 Å². The molecule has 0 bridgehead atoms. The Morgan fingerprint density at radius 2 is 2.18 bits per heavy atom. The highest BCUT2D eigenvalue weighted by Crippen LogP contribution is 2.31. The van der Waals surface area contributed by atoms with Crippen LogP contribution >= 0.6 is 0 Å². The summed E-state index contributed by atoms with van der Waals surface area (Å²) in [6, 6.07) is 8.04. The van der Waals surface area contributed by atoms with Crippen molar-refractivity contribution >= 4 is 11.6 Å². The van der Waals surface area contributed by atoms with E-state index in [4.69, 9.17) is 9.68 Å². The number of likely N-dealkylation sites (N-methyl/N-ethyl adjacent to an activating group) is 1. The minimum Gasteiger partial charge on any atom is -0.419 e. The number of hydrogen-bond acceptors (Lipinski definition) is 7. The van der Waals surface area contributed by atoms with Gasteiger partial charge in [-0.05, 0) is 20.2 Å². The fourth-order valence-electron chi connectivity index (χ4n) is 1.84. The van der Waals surface area contributed by atoms with Gasteiger partial charge in [0.05, 0.1) is 4.92 Å². The quantitative estimate of drug-likeness (QED) is 0.642. The zero-order chi connectivity index (χ0) is 16.1. The van der Waals surface area contributed by atoms with Gasteiger partial charge in [-0.1, -0.05) is 12.1 Å². The summed E-state index contributed by atoms with van der Waals surface area (Å²) in [5, 5.41) is 23.1. The predicted octanol–water partition coefficient (Wildman–Crippen LogP) is 2.09. The van der Waals surface area contributed by atoms with E-state index in [0.717, 1.165) is 6.54 Å². The molecule has 8 heteroatoms. The molecular formula is C14H15N5O3. The first-order valence-corrected chi connectivity index (χ1v) is 6.56. The first-order valence-electron chi connectivity index (χ1n) is 6.56. The second-order valence-electron chi connectivity index (χ2n) is 4.81. The molecule has 0 saturated heterocycles. The number of hydrogen-bond donors (Lipinski definition) is 1. The van der Waals surface area contributed by atoms with Crippen molar-refractivity contribution in [3.05, 3.63) is 40.1 Å². The summed E-state index contributed by atoms with van der Waals surface area (Å²) in [5.41, 5.74) is 0.199. The second-order valence-corrected chi connectivity index (χ2v) is 4.81. The molecule has 0 radical (unpaired) electrons. The third-order valence-electron chi connectivity index (χ3n) is 2.91. The SMILES string of the molecule is CN(C)CCNc1oc(-c2ccccc2[N+](=O)[O-])nc1C#N.